The Morgan fingerprint density at radius 1 is 0.853 bits per heavy atom. The normalized spacial score (nSPS) is 12.3. The minimum absolute atomic E-state index is 0.212. The predicted molar refractivity (Wildman–Crippen MR) is 123 cm³/mol. The van der Waals surface area contributed by atoms with Gasteiger partial charge in [-0.1, -0.05) is 6.07 Å². The SMILES string of the molecule is COc1ccc(C(=O)Oc2ccc3c(=O)c(-c4ccc5c(c4)OCCO5)coc3c2)cc1OC. The van der Waals surface area contributed by atoms with Crippen LogP contribution < -0.4 is 29.1 Å². The first-order chi connectivity index (χ1) is 16.6. The fraction of sp³-hybridized carbons (Fsp3) is 0.154. The third kappa shape index (κ3) is 3.90. The molecule has 0 aliphatic carbocycles. The Kier molecular flexibility index (Phi) is 5.55. The van der Waals surface area contributed by atoms with Gasteiger partial charge < -0.3 is 28.1 Å². The molecule has 1 aliphatic rings. The van der Waals surface area contributed by atoms with E-state index in [1.54, 1.807) is 42.5 Å². The minimum Gasteiger partial charge on any atom is -0.493 e. The number of benzene rings is 3. The quantitative estimate of drug-likeness (QED) is 0.318. The molecule has 1 aliphatic heterocycles. The summed E-state index contributed by atoms with van der Waals surface area (Å²) in [6, 6.07) is 14.6. The number of rotatable bonds is 5. The lowest BCUT2D eigenvalue weighted by molar-refractivity contribution is 0.0734. The Balaban J connectivity index is 1.42. The van der Waals surface area contributed by atoms with E-state index in [0.717, 1.165) is 0 Å². The molecule has 2 heterocycles. The van der Waals surface area contributed by atoms with Gasteiger partial charge in [-0.3, -0.25) is 4.79 Å². The molecular weight excluding hydrogens is 440 g/mol. The van der Waals surface area contributed by atoms with Gasteiger partial charge in [-0.2, -0.15) is 0 Å². The summed E-state index contributed by atoms with van der Waals surface area (Å²) >= 11 is 0. The van der Waals surface area contributed by atoms with Crippen LogP contribution in [0.2, 0.25) is 0 Å². The molecule has 8 nitrogen and oxygen atoms in total. The zero-order valence-corrected chi connectivity index (χ0v) is 18.5. The second-order valence-corrected chi connectivity index (χ2v) is 7.45. The molecule has 0 bridgehead atoms. The molecule has 1 aromatic heterocycles. The summed E-state index contributed by atoms with van der Waals surface area (Å²) in [5.41, 5.74) is 1.41. The average molecular weight is 460 g/mol. The van der Waals surface area contributed by atoms with Gasteiger partial charge in [0.15, 0.2) is 28.4 Å². The number of carbonyl (C=O) groups excluding carboxylic acids is 1. The molecule has 0 N–H and O–H groups in total. The summed E-state index contributed by atoms with van der Waals surface area (Å²) in [7, 11) is 3.00. The van der Waals surface area contributed by atoms with Crippen LogP contribution in [0.3, 0.4) is 0 Å². The summed E-state index contributed by atoms with van der Waals surface area (Å²) in [5, 5.41) is 0.360. The Morgan fingerprint density at radius 3 is 2.44 bits per heavy atom. The van der Waals surface area contributed by atoms with Gasteiger partial charge in [0.1, 0.15) is 30.8 Å². The third-order valence-corrected chi connectivity index (χ3v) is 5.43. The average Bonchev–Trinajstić information content (AvgIpc) is 2.88. The van der Waals surface area contributed by atoms with Crippen molar-refractivity contribution in [1.29, 1.82) is 0 Å². The molecule has 0 spiro atoms. The predicted octanol–water partition coefficient (Wildman–Crippen LogP) is 4.47. The second kappa shape index (κ2) is 8.82. The summed E-state index contributed by atoms with van der Waals surface area (Å²) in [6.45, 7) is 0.941. The molecule has 0 fully saturated rings. The fourth-order valence-electron chi connectivity index (χ4n) is 3.71. The summed E-state index contributed by atoms with van der Waals surface area (Å²) < 4.78 is 32.7. The van der Waals surface area contributed by atoms with Gasteiger partial charge >= 0.3 is 5.97 Å². The number of hydrogen-bond acceptors (Lipinski definition) is 8. The first kappa shape index (κ1) is 21.4. The molecule has 34 heavy (non-hydrogen) atoms. The van der Waals surface area contributed by atoms with Crippen molar-refractivity contribution >= 4 is 16.9 Å². The van der Waals surface area contributed by atoms with Crippen molar-refractivity contribution in [1.82, 2.24) is 0 Å². The van der Waals surface area contributed by atoms with Crippen molar-refractivity contribution in [3.05, 3.63) is 76.6 Å². The van der Waals surface area contributed by atoms with Crippen LogP contribution in [0.4, 0.5) is 0 Å². The minimum atomic E-state index is -0.587. The number of fused-ring (bicyclic) bond motifs is 2. The van der Waals surface area contributed by atoms with Crippen LogP contribution in [0.5, 0.6) is 28.7 Å². The van der Waals surface area contributed by atoms with Crippen molar-refractivity contribution in [2.75, 3.05) is 27.4 Å². The fourth-order valence-corrected chi connectivity index (χ4v) is 3.71. The van der Waals surface area contributed by atoms with E-state index < -0.39 is 5.97 Å². The van der Waals surface area contributed by atoms with E-state index in [0.29, 0.717) is 58.3 Å². The standard InChI is InChI=1S/C26H20O8/c1-29-20-7-4-16(12-23(20)30-2)26(28)34-17-5-6-18-22(13-17)33-14-19(25(18)27)15-3-8-21-24(11-15)32-10-9-31-21/h3-8,11-14H,9-10H2,1-2H3. The van der Waals surface area contributed by atoms with Crippen molar-refractivity contribution in [3.63, 3.8) is 0 Å². The summed E-state index contributed by atoms with van der Waals surface area (Å²) in [4.78, 5) is 25.7. The van der Waals surface area contributed by atoms with Crippen LogP contribution in [0.15, 0.2) is 70.1 Å². The highest BCUT2D eigenvalue weighted by atomic mass is 16.6. The Bertz CT molecular complexity index is 1450. The van der Waals surface area contributed by atoms with Gasteiger partial charge in [0.25, 0.3) is 0 Å². The summed E-state index contributed by atoms with van der Waals surface area (Å²) in [5.74, 6) is 1.79. The lowest BCUT2D eigenvalue weighted by Crippen LogP contribution is -2.15. The van der Waals surface area contributed by atoms with Crippen LogP contribution in [0.25, 0.3) is 22.1 Å². The van der Waals surface area contributed by atoms with Gasteiger partial charge in [0.05, 0.1) is 30.7 Å². The lowest BCUT2D eigenvalue weighted by Gasteiger charge is -2.18. The van der Waals surface area contributed by atoms with E-state index >= 15 is 0 Å². The number of ether oxygens (including phenoxy) is 5. The topological polar surface area (TPSA) is 93.4 Å². The molecule has 0 unspecified atom stereocenters. The third-order valence-electron chi connectivity index (χ3n) is 5.43. The molecule has 0 radical (unpaired) electrons. The lowest BCUT2D eigenvalue weighted by atomic mass is 10.0. The van der Waals surface area contributed by atoms with Gasteiger partial charge in [-0.25, -0.2) is 4.79 Å². The van der Waals surface area contributed by atoms with Crippen molar-refractivity contribution < 1.29 is 32.9 Å². The highest BCUT2D eigenvalue weighted by Crippen LogP contribution is 2.34. The van der Waals surface area contributed by atoms with Crippen molar-refractivity contribution in [2.45, 2.75) is 0 Å². The first-order valence-corrected chi connectivity index (χ1v) is 10.5. The molecule has 0 amide bonds. The van der Waals surface area contributed by atoms with Crippen LogP contribution in [0, 0.1) is 0 Å². The molecule has 4 aromatic rings. The molecule has 5 rings (SSSR count). The number of methoxy groups -OCH3 is 2. The van der Waals surface area contributed by atoms with Crippen LogP contribution >= 0.6 is 0 Å². The van der Waals surface area contributed by atoms with Crippen LogP contribution in [-0.4, -0.2) is 33.4 Å². The maximum absolute atomic E-state index is 13.1. The Labute approximate surface area is 194 Å². The Hall–Kier alpha value is -4.46. The van der Waals surface area contributed by atoms with E-state index in [4.69, 9.17) is 28.1 Å². The molecule has 172 valence electrons. The van der Waals surface area contributed by atoms with E-state index in [9.17, 15) is 9.59 Å². The van der Waals surface area contributed by atoms with Gasteiger partial charge in [-0.15, -0.1) is 0 Å². The maximum atomic E-state index is 13.1. The second-order valence-electron chi connectivity index (χ2n) is 7.45. The molecule has 0 atom stereocenters. The number of carbonyl (C=O) groups is 1. The van der Waals surface area contributed by atoms with Gasteiger partial charge in [0.2, 0.25) is 0 Å². The van der Waals surface area contributed by atoms with E-state index in [1.165, 1.54) is 32.6 Å². The molecule has 0 saturated carbocycles. The molecule has 8 heteroatoms. The largest absolute Gasteiger partial charge is 0.493 e. The van der Waals surface area contributed by atoms with E-state index in [-0.39, 0.29) is 16.7 Å². The zero-order valence-electron chi connectivity index (χ0n) is 18.5. The zero-order chi connectivity index (χ0) is 23.7. The van der Waals surface area contributed by atoms with Gasteiger partial charge in [0, 0.05) is 6.07 Å². The molecular formula is C26H20O8. The van der Waals surface area contributed by atoms with Crippen LogP contribution in [0.1, 0.15) is 10.4 Å². The van der Waals surface area contributed by atoms with Gasteiger partial charge in [-0.05, 0) is 48.0 Å². The monoisotopic (exact) mass is 460 g/mol. The van der Waals surface area contributed by atoms with Crippen molar-refractivity contribution in [2.24, 2.45) is 0 Å². The smallest absolute Gasteiger partial charge is 0.343 e. The summed E-state index contributed by atoms with van der Waals surface area (Å²) in [6.07, 6.45) is 1.38. The van der Waals surface area contributed by atoms with Crippen molar-refractivity contribution in [3.8, 4) is 39.9 Å². The first-order valence-electron chi connectivity index (χ1n) is 10.5. The molecule has 0 saturated heterocycles. The highest BCUT2D eigenvalue weighted by molar-refractivity contribution is 5.92. The maximum Gasteiger partial charge on any atom is 0.343 e. The van der Waals surface area contributed by atoms with E-state index in [2.05, 4.69) is 0 Å². The molecule has 3 aromatic carbocycles. The number of hydrogen-bond donors (Lipinski definition) is 0. The van der Waals surface area contributed by atoms with Crippen LogP contribution in [-0.2, 0) is 0 Å². The van der Waals surface area contributed by atoms with E-state index in [1.807, 2.05) is 0 Å². The Morgan fingerprint density at radius 2 is 1.65 bits per heavy atom. The highest BCUT2D eigenvalue weighted by Gasteiger charge is 2.17. The number of esters is 1.